The van der Waals surface area contributed by atoms with Crippen LogP contribution in [0.5, 0.6) is 0 Å². The minimum Gasteiger partial charge on any atom is -0.347 e. The van der Waals surface area contributed by atoms with Crippen LogP contribution in [0.2, 0.25) is 0 Å². The molecule has 0 saturated carbocycles. The molecule has 6 nitrogen and oxygen atoms in total. The Morgan fingerprint density at radius 3 is 2.67 bits per heavy atom. The van der Waals surface area contributed by atoms with Gasteiger partial charge in [0.2, 0.25) is 5.91 Å². The van der Waals surface area contributed by atoms with Gasteiger partial charge in [-0.15, -0.1) is 12.3 Å². The van der Waals surface area contributed by atoms with Gasteiger partial charge in [0.1, 0.15) is 0 Å². The molecule has 1 aromatic carbocycles. The Morgan fingerprint density at radius 1 is 1.25 bits per heavy atom. The molecule has 0 saturated heterocycles. The van der Waals surface area contributed by atoms with E-state index in [1.165, 1.54) is 0 Å². The molecule has 1 aliphatic heterocycles. The van der Waals surface area contributed by atoms with Crippen molar-refractivity contribution in [2.45, 2.75) is 37.9 Å². The first-order valence-electron chi connectivity index (χ1n) is 7.93. The quantitative estimate of drug-likeness (QED) is 0.758. The van der Waals surface area contributed by atoms with Crippen molar-refractivity contribution < 1.29 is 4.79 Å². The summed E-state index contributed by atoms with van der Waals surface area (Å²) in [6, 6.07) is 9.62. The van der Waals surface area contributed by atoms with Gasteiger partial charge >= 0.3 is 0 Å². The minimum absolute atomic E-state index is 0.0354. The highest BCUT2D eigenvalue weighted by Gasteiger charge is 2.39. The molecule has 2 aromatic rings. The molecule has 0 radical (unpaired) electrons. The van der Waals surface area contributed by atoms with Crippen LogP contribution in [-0.4, -0.2) is 21.5 Å². The van der Waals surface area contributed by atoms with Crippen molar-refractivity contribution in [1.82, 2.24) is 9.97 Å². The number of amides is 1. The fourth-order valence-corrected chi connectivity index (χ4v) is 2.58. The van der Waals surface area contributed by atoms with Crippen LogP contribution in [0.3, 0.4) is 0 Å². The highest BCUT2D eigenvalue weighted by Crippen LogP contribution is 2.38. The molecule has 3 rings (SSSR count). The van der Waals surface area contributed by atoms with Crippen molar-refractivity contribution in [3.05, 3.63) is 48.5 Å². The predicted molar refractivity (Wildman–Crippen MR) is 91.1 cm³/mol. The Hall–Kier alpha value is -2.94. The van der Waals surface area contributed by atoms with Crippen molar-refractivity contribution >= 4 is 11.6 Å². The summed E-state index contributed by atoms with van der Waals surface area (Å²) in [5, 5.41) is 8.19. The van der Waals surface area contributed by atoms with Crippen LogP contribution in [0.4, 0.5) is 5.69 Å². The summed E-state index contributed by atoms with van der Waals surface area (Å²) in [6.45, 7) is 0.453. The maximum absolute atomic E-state index is 12.8. The number of carbonyl (C=O) groups excluding carboxylic acids is 1. The SMILES string of the molecule is C#CCCC1(CCC(=O)N(Cc2cnc[nH]2)c2ccccc2)N=N1. The maximum Gasteiger partial charge on any atom is 0.227 e. The van der Waals surface area contributed by atoms with Gasteiger partial charge in [0.15, 0.2) is 5.66 Å². The second kappa shape index (κ2) is 7.09. The van der Waals surface area contributed by atoms with Crippen LogP contribution in [0.1, 0.15) is 31.4 Å². The molecule has 1 aliphatic rings. The summed E-state index contributed by atoms with van der Waals surface area (Å²) in [6.07, 6.45) is 10.9. The summed E-state index contributed by atoms with van der Waals surface area (Å²) in [5.74, 6) is 2.64. The fourth-order valence-electron chi connectivity index (χ4n) is 2.58. The number of aromatic amines is 1. The lowest BCUT2D eigenvalue weighted by Gasteiger charge is -2.23. The standard InChI is InChI=1S/C18H19N5O/c1-2-3-10-18(21-22-18)11-9-17(24)23(13-15-12-19-14-20-15)16-7-5-4-6-8-16/h1,4-8,12,14H,3,9-11,13H2,(H,19,20). The first-order chi connectivity index (χ1) is 11.7. The average Bonchev–Trinajstić information content (AvgIpc) is 3.20. The molecule has 1 N–H and O–H groups in total. The number of hydrogen-bond acceptors (Lipinski definition) is 4. The van der Waals surface area contributed by atoms with E-state index < -0.39 is 5.66 Å². The van der Waals surface area contributed by atoms with Crippen molar-refractivity contribution in [3.63, 3.8) is 0 Å². The van der Waals surface area contributed by atoms with E-state index in [9.17, 15) is 4.79 Å². The molecule has 1 amide bonds. The van der Waals surface area contributed by atoms with Crippen LogP contribution in [-0.2, 0) is 11.3 Å². The number of hydrogen-bond donors (Lipinski definition) is 1. The van der Waals surface area contributed by atoms with Crippen LogP contribution < -0.4 is 4.90 Å². The third-order valence-corrected chi connectivity index (χ3v) is 4.04. The van der Waals surface area contributed by atoms with Crippen LogP contribution in [0, 0.1) is 12.3 Å². The molecule has 0 aliphatic carbocycles. The molecule has 1 aromatic heterocycles. The molecule has 24 heavy (non-hydrogen) atoms. The highest BCUT2D eigenvalue weighted by molar-refractivity contribution is 5.93. The van der Waals surface area contributed by atoms with E-state index in [-0.39, 0.29) is 5.91 Å². The fraction of sp³-hybridized carbons (Fsp3) is 0.333. The molecular formula is C18H19N5O. The smallest absolute Gasteiger partial charge is 0.227 e. The lowest BCUT2D eigenvalue weighted by Crippen LogP contribution is -2.31. The number of H-pyrrole nitrogens is 1. The molecule has 2 heterocycles. The second-order valence-electron chi connectivity index (χ2n) is 5.78. The van der Waals surface area contributed by atoms with Gasteiger partial charge in [-0.1, -0.05) is 18.2 Å². The molecular weight excluding hydrogens is 302 g/mol. The van der Waals surface area contributed by atoms with Crippen molar-refractivity contribution in [2.24, 2.45) is 10.2 Å². The third-order valence-electron chi connectivity index (χ3n) is 4.04. The first-order valence-corrected chi connectivity index (χ1v) is 7.93. The second-order valence-corrected chi connectivity index (χ2v) is 5.78. The minimum atomic E-state index is -0.432. The van der Waals surface area contributed by atoms with Crippen LogP contribution >= 0.6 is 0 Å². The number of anilines is 1. The lowest BCUT2D eigenvalue weighted by atomic mass is 10.0. The van der Waals surface area contributed by atoms with E-state index in [0.717, 1.165) is 11.4 Å². The van der Waals surface area contributed by atoms with Crippen molar-refractivity contribution in [2.75, 3.05) is 4.90 Å². The van der Waals surface area contributed by atoms with E-state index in [4.69, 9.17) is 6.42 Å². The zero-order chi connectivity index (χ0) is 16.8. The molecule has 0 bridgehead atoms. The van der Waals surface area contributed by atoms with E-state index in [1.54, 1.807) is 17.4 Å². The zero-order valence-electron chi connectivity index (χ0n) is 13.4. The number of imidazole rings is 1. The Labute approximate surface area is 141 Å². The number of benzene rings is 1. The third kappa shape index (κ3) is 3.87. The molecule has 0 spiro atoms. The molecule has 0 atom stereocenters. The molecule has 122 valence electrons. The number of terminal acetylenes is 1. The van der Waals surface area contributed by atoms with E-state index in [1.807, 2.05) is 30.3 Å². The Kier molecular flexibility index (Phi) is 4.71. The van der Waals surface area contributed by atoms with E-state index in [0.29, 0.717) is 32.2 Å². The Morgan fingerprint density at radius 2 is 2.04 bits per heavy atom. The number of nitrogens with zero attached hydrogens (tertiary/aromatic N) is 4. The maximum atomic E-state index is 12.8. The largest absolute Gasteiger partial charge is 0.347 e. The molecule has 6 heteroatoms. The van der Waals surface area contributed by atoms with Gasteiger partial charge in [-0.2, -0.15) is 10.2 Å². The summed E-state index contributed by atoms with van der Waals surface area (Å²) in [4.78, 5) is 21.6. The predicted octanol–water partition coefficient (Wildman–Crippen LogP) is 3.30. The van der Waals surface area contributed by atoms with Gasteiger partial charge in [-0.3, -0.25) is 4.79 Å². The monoisotopic (exact) mass is 321 g/mol. The number of aromatic nitrogens is 2. The Bertz CT molecular complexity index is 739. The van der Waals surface area contributed by atoms with E-state index in [2.05, 4.69) is 26.1 Å². The lowest BCUT2D eigenvalue weighted by molar-refractivity contribution is -0.119. The van der Waals surface area contributed by atoms with Gasteiger partial charge < -0.3 is 9.88 Å². The van der Waals surface area contributed by atoms with Crippen molar-refractivity contribution in [1.29, 1.82) is 0 Å². The van der Waals surface area contributed by atoms with E-state index >= 15 is 0 Å². The summed E-state index contributed by atoms with van der Waals surface area (Å²) in [5.41, 5.74) is 1.31. The molecule has 0 fully saturated rings. The Balaban J connectivity index is 1.66. The van der Waals surface area contributed by atoms with Crippen molar-refractivity contribution in [3.8, 4) is 12.3 Å². The topological polar surface area (TPSA) is 73.7 Å². The number of nitrogens with one attached hydrogen (secondary N) is 1. The van der Waals surface area contributed by atoms with Gasteiger partial charge in [0.05, 0.1) is 18.6 Å². The van der Waals surface area contributed by atoms with Crippen LogP contribution in [0.25, 0.3) is 0 Å². The highest BCUT2D eigenvalue weighted by atomic mass is 16.2. The average molecular weight is 321 g/mol. The summed E-state index contributed by atoms with van der Waals surface area (Å²) >= 11 is 0. The summed E-state index contributed by atoms with van der Waals surface area (Å²) < 4.78 is 0. The first kappa shape index (κ1) is 15.9. The van der Waals surface area contributed by atoms with Gasteiger partial charge in [0, 0.05) is 37.6 Å². The van der Waals surface area contributed by atoms with Gasteiger partial charge in [0.25, 0.3) is 0 Å². The summed E-state index contributed by atoms with van der Waals surface area (Å²) in [7, 11) is 0. The number of rotatable bonds is 8. The van der Waals surface area contributed by atoms with Gasteiger partial charge in [-0.05, 0) is 12.1 Å². The van der Waals surface area contributed by atoms with Crippen LogP contribution in [0.15, 0.2) is 53.1 Å². The normalized spacial score (nSPS) is 14.1. The zero-order valence-corrected chi connectivity index (χ0v) is 13.4. The number of carbonyl (C=O) groups is 1. The molecule has 0 unspecified atom stereocenters. The van der Waals surface area contributed by atoms with Gasteiger partial charge in [-0.25, -0.2) is 4.98 Å². The number of para-hydroxylation sites is 1.